The molecule has 0 saturated carbocycles. The topological polar surface area (TPSA) is 108 Å². The Bertz CT molecular complexity index is 1120. The third-order valence-corrected chi connectivity index (χ3v) is 12.0. The number of allylic oxidation sites excluding steroid dienone is 7. The number of phosphoric acid groups is 1. The molecule has 0 aromatic carbocycles. The van der Waals surface area contributed by atoms with Crippen LogP contribution < -0.4 is 10.2 Å². The van der Waals surface area contributed by atoms with Crippen LogP contribution in [0.3, 0.4) is 0 Å². The zero-order chi connectivity index (χ0) is 44.3. The summed E-state index contributed by atoms with van der Waals surface area (Å²) in [7, 11) is 1.23. The first kappa shape index (κ1) is 58.5. The average Bonchev–Trinajstić information content (AvgIpc) is 3.20. The molecule has 0 heterocycles. The molecular weight excluding hydrogens is 768 g/mol. The molecule has 0 aliphatic rings. The molecule has 3 atom stereocenters. The minimum atomic E-state index is -4.60. The van der Waals surface area contributed by atoms with Crippen molar-refractivity contribution in [3.05, 3.63) is 48.6 Å². The van der Waals surface area contributed by atoms with Gasteiger partial charge in [0.15, 0.2) is 0 Å². The predicted molar refractivity (Wildman–Crippen MR) is 256 cm³/mol. The fourth-order valence-electron chi connectivity index (χ4n) is 7.00. The first-order chi connectivity index (χ1) is 29.0. The Morgan fingerprint density at radius 2 is 0.933 bits per heavy atom. The average molecular weight is 865 g/mol. The van der Waals surface area contributed by atoms with Gasteiger partial charge in [-0.1, -0.05) is 191 Å². The number of aliphatic hydroxyl groups is 1. The number of nitrogens with zero attached hydrogens (tertiary/aromatic N) is 1. The van der Waals surface area contributed by atoms with Gasteiger partial charge in [0.25, 0.3) is 7.82 Å². The predicted octanol–water partition coefficient (Wildman–Crippen LogP) is 13.8. The maximum atomic E-state index is 12.9. The quantitative estimate of drug-likeness (QED) is 0.0273. The van der Waals surface area contributed by atoms with E-state index >= 15 is 0 Å². The third kappa shape index (κ3) is 44.5. The van der Waals surface area contributed by atoms with Gasteiger partial charge < -0.3 is 28.8 Å². The fraction of sp³-hybridized carbons (Fsp3) is 0.824. The summed E-state index contributed by atoms with van der Waals surface area (Å²) < 4.78 is 23.2. The summed E-state index contributed by atoms with van der Waals surface area (Å²) in [5.74, 6) is -0.212. The van der Waals surface area contributed by atoms with Gasteiger partial charge in [0.05, 0.1) is 39.9 Å². The molecule has 0 spiro atoms. The Morgan fingerprint density at radius 3 is 1.38 bits per heavy atom. The van der Waals surface area contributed by atoms with E-state index in [0.717, 1.165) is 51.4 Å². The van der Waals surface area contributed by atoms with Crippen LogP contribution in [-0.2, 0) is 18.4 Å². The lowest BCUT2D eigenvalue weighted by atomic mass is 10.0. The molecule has 0 saturated heterocycles. The lowest BCUT2D eigenvalue weighted by Gasteiger charge is -2.29. The van der Waals surface area contributed by atoms with Crippen LogP contribution in [-0.4, -0.2) is 68.5 Å². The number of rotatable bonds is 45. The largest absolute Gasteiger partial charge is 0.756 e. The molecule has 0 rings (SSSR count). The van der Waals surface area contributed by atoms with Crippen LogP contribution in [0.15, 0.2) is 48.6 Å². The van der Waals surface area contributed by atoms with E-state index in [1.165, 1.54) is 148 Å². The molecule has 352 valence electrons. The van der Waals surface area contributed by atoms with E-state index in [4.69, 9.17) is 9.05 Å². The van der Waals surface area contributed by atoms with Crippen molar-refractivity contribution < 1.29 is 32.9 Å². The zero-order valence-electron chi connectivity index (χ0n) is 39.9. The monoisotopic (exact) mass is 865 g/mol. The summed E-state index contributed by atoms with van der Waals surface area (Å²) in [5.41, 5.74) is 0. The molecule has 2 N–H and O–H groups in total. The van der Waals surface area contributed by atoms with Crippen molar-refractivity contribution in [3.63, 3.8) is 0 Å². The maximum absolute atomic E-state index is 12.9. The number of hydrogen-bond acceptors (Lipinski definition) is 6. The second-order valence-electron chi connectivity index (χ2n) is 18.1. The van der Waals surface area contributed by atoms with Crippen LogP contribution >= 0.6 is 7.82 Å². The molecular formula is C51H97N2O6P. The molecule has 0 aliphatic carbocycles. The van der Waals surface area contributed by atoms with Crippen molar-refractivity contribution in [3.8, 4) is 0 Å². The number of quaternary nitrogens is 1. The van der Waals surface area contributed by atoms with E-state index in [-0.39, 0.29) is 12.5 Å². The molecule has 0 bridgehead atoms. The first-order valence-electron chi connectivity index (χ1n) is 25.0. The van der Waals surface area contributed by atoms with Crippen molar-refractivity contribution in [2.24, 2.45) is 0 Å². The van der Waals surface area contributed by atoms with Gasteiger partial charge in [-0.2, -0.15) is 0 Å². The molecule has 3 unspecified atom stereocenters. The summed E-state index contributed by atoms with van der Waals surface area (Å²) in [4.78, 5) is 25.3. The molecule has 60 heavy (non-hydrogen) atoms. The molecule has 0 fully saturated rings. The van der Waals surface area contributed by atoms with Gasteiger partial charge in [-0.15, -0.1) is 0 Å². The Kier molecular flexibility index (Phi) is 41.6. The van der Waals surface area contributed by atoms with Crippen LogP contribution in [0.2, 0.25) is 0 Å². The van der Waals surface area contributed by atoms with Gasteiger partial charge in [-0.05, 0) is 70.6 Å². The lowest BCUT2D eigenvalue weighted by molar-refractivity contribution is -0.870. The molecule has 0 aromatic rings. The summed E-state index contributed by atoms with van der Waals surface area (Å²) in [6.07, 6.45) is 54.6. The van der Waals surface area contributed by atoms with E-state index in [2.05, 4.69) is 55.6 Å². The van der Waals surface area contributed by atoms with Crippen molar-refractivity contribution in [2.75, 3.05) is 40.9 Å². The van der Waals surface area contributed by atoms with Crippen LogP contribution in [0.25, 0.3) is 0 Å². The Balaban J connectivity index is 4.24. The van der Waals surface area contributed by atoms with E-state index < -0.39 is 26.6 Å². The normalized spacial score (nSPS) is 14.6. The van der Waals surface area contributed by atoms with Crippen molar-refractivity contribution in [2.45, 2.75) is 231 Å². The Labute approximate surface area is 371 Å². The zero-order valence-corrected chi connectivity index (χ0v) is 40.8. The van der Waals surface area contributed by atoms with E-state index in [1.54, 1.807) is 6.08 Å². The van der Waals surface area contributed by atoms with Gasteiger partial charge in [-0.3, -0.25) is 9.36 Å². The summed E-state index contributed by atoms with van der Waals surface area (Å²) in [6, 6.07) is -0.908. The minimum absolute atomic E-state index is 0.00949. The number of nitrogens with one attached hydrogen (secondary N) is 1. The Hall–Kier alpha value is -1.54. The number of hydrogen-bond donors (Lipinski definition) is 2. The van der Waals surface area contributed by atoms with Gasteiger partial charge >= 0.3 is 0 Å². The summed E-state index contributed by atoms with van der Waals surface area (Å²) in [5, 5.41) is 13.8. The van der Waals surface area contributed by atoms with E-state index in [1.807, 2.05) is 27.2 Å². The van der Waals surface area contributed by atoms with Crippen LogP contribution in [0.1, 0.15) is 219 Å². The van der Waals surface area contributed by atoms with Gasteiger partial charge in [-0.25, -0.2) is 0 Å². The highest BCUT2D eigenvalue weighted by atomic mass is 31.2. The summed E-state index contributed by atoms with van der Waals surface area (Å²) >= 11 is 0. The number of aliphatic hydroxyl groups excluding tert-OH is 1. The second-order valence-corrected chi connectivity index (χ2v) is 19.6. The highest BCUT2D eigenvalue weighted by Gasteiger charge is 2.23. The van der Waals surface area contributed by atoms with Crippen molar-refractivity contribution in [1.29, 1.82) is 0 Å². The lowest BCUT2D eigenvalue weighted by Crippen LogP contribution is -2.45. The highest BCUT2D eigenvalue weighted by molar-refractivity contribution is 7.45. The smallest absolute Gasteiger partial charge is 0.268 e. The number of carbonyl (C=O) groups is 1. The number of unbranched alkanes of at least 4 members (excludes halogenated alkanes) is 26. The van der Waals surface area contributed by atoms with Gasteiger partial charge in [0.2, 0.25) is 5.91 Å². The third-order valence-electron chi connectivity index (χ3n) is 11.0. The van der Waals surface area contributed by atoms with Gasteiger partial charge in [0, 0.05) is 6.42 Å². The van der Waals surface area contributed by atoms with E-state index in [0.29, 0.717) is 17.4 Å². The molecule has 0 aromatic heterocycles. The molecule has 0 radical (unpaired) electrons. The summed E-state index contributed by atoms with van der Waals surface area (Å²) in [6.45, 7) is 4.59. The molecule has 0 aliphatic heterocycles. The van der Waals surface area contributed by atoms with E-state index in [9.17, 15) is 19.4 Å². The standard InChI is InChI=1S/C51H97N2O6P/c1-6-8-10-12-14-16-18-20-21-22-23-24-25-26-27-28-29-30-31-33-35-37-39-41-43-45-51(55)52-49(48-59-60(56,57)58-47-46-53(3,4)5)50(54)44-42-40-38-36-34-32-19-17-15-13-11-9-7-2/h15,17,22-23,34,36,42,44,49-50,54H,6-14,16,18-21,24-33,35,37-41,43,45-48H2,1-5H3,(H-,52,55,56,57)/b17-15+,23-22-,36-34+,44-42+. The minimum Gasteiger partial charge on any atom is -0.756 e. The number of amides is 1. The van der Waals surface area contributed by atoms with Crippen molar-refractivity contribution >= 4 is 13.7 Å². The number of likely N-dealkylation sites (N-methyl/N-ethyl adjacent to an activating group) is 1. The second kappa shape index (κ2) is 42.7. The van der Waals surface area contributed by atoms with Crippen LogP contribution in [0.5, 0.6) is 0 Å². The highest BCUT2D eigenvalue weighted by Crippen LogP contribution is 2.38. The number of phosphoric ester groups is 1. The van der Waals surface area contributed by atoms with Gasteiger partial charge in [0.1, 0.15) is 13.2 Å². The fourth-order valence-corrected chi connectivity index (χ4v) is 7.73. The molecule has 1 amide bonds. The number of carbonyl (C=O) groups excluding carboxylic acids is 1. The molecule has 9 heteroatoms. The van der Waals surface area contributed by atoms with Crippen LogP contribution in [0, 0.1) is 0 Å². The Morgan fingerprint density at radius 1 is 0.567 bits per heavy atom. The van der Waals surface area contributed by atoms with Crippen LogP contribution in [0.4, 0.5) is 0 Å². The molecule has 8 nitrogen and oxygen atoms in total. The maximum Gasteiger partial charge on any atom is 0.268 e. The first-order valence-corrected chi connectivity index (χ1v) is 26.5. The van der Waals surface area contributed by atoms with Crippen molar-refractivity contribution in [1.82, 2.24) is 5.32 Å². The SMILES string of the molecule is CCCCC/C=C/CC/C=C/CC/C=C/C(O)C(COP(=O)([O-])OCC[N+](C)(C)C)NC(=O)CCCCCCCCCCCCCCC/C=C\CCCCCCCCCC.